The first-order chi connectivity index (χ1) is 24.1. The first kappa shape index (κ1) is 30.5. The number of hydrogen-bond acceptors (Lipinski definition) is 3. The topological polar surface area (TPSA) is 33.7 Å². The van der Waals surface area contributed by atoms with E-state index < -0.39 is 0 Å². The molecule has 1 unspecified atom stereocenters. The van der Waals surface area contributed by atoms with Crippen LogP contribution in [0.2, 0.25) is 0 Å². The van der Waals surface area contributed by atoms with E-state index in [2.05, 4.69) is 159 Å². The van der Waals surface area contributed by atoms with E-state index in [9.17, 15) is 0 Å². The quantitative estimate of drug-likeness (QED) is 0.182. The van der Waals surface area contributed by atoms with E-state index >= 15 is 0 Å². The lowest BCUT2D eigenvalue weighted by molar-refractivity contribution is 0.409. The van der Waals surface area contributed by atoms with Crippen LogP contribution in [0.3, 0.4) is 0 Å². The van der Waals surface area contributed by atoms with Gasteiger partial charge in [0.05, 0.1) is 22.9 Å². The van der Waals surface area contributed by atoms with Gasteiger partial charge >= 0.3 is 0 Å². The van der Waals surface area contributed by atoms with Crippen LogP contribution < -0.4 is 0 Å². The van der Waals surface area contributed by atoms with Crippen LogP contribution in [0, 0.1) is 0 Å². The molecule has 0 saturated heterocycles. The Bertz CT molecular complexity index is 2500. The van der Waals surface area contributed by atoms with E-state index in [1.807, 2.05) is 18.2 Å². The van der Waals surface area contributed by atoms with Gasteiger partial charge in [-0.15, -0.1) is 0 Å². The van der Waals surface area contributed by atoms with Crippen molar-refractivity contribution in [3.63, 3.8) is 0 Å². The van der Waals surface area contributed by atoms with E-state index in [0.29, 0.717) is 0 Å². The summed E-state index contributed by atoms with van der Waals surface area (Å²) >= 11 is 0. The van der Waals surface area contributed by atoms with Crippen LogP contribution in [0.25, 0.3) is 62.2 Å². The molecule has 7 aromatic rings. The molecular formula is C45H39N3O. The van der Waals surface area contributed by atoms with Gasteiger partial charge in [-0.2, -0.15) is 0 Å². The fraction of sp³-hybridized carbons (Fsp3) is 0.133. The molecule has 1 atom stereocenters. The molecule has 4 heteroatoms. The van der Waals surface area contributed by atoms with Crippen molar-refractivity contribution >= 4 is 62.7 Å². The lowest BCUT2D eigenvalue weighted by Crippen LogP contribution is -2.39. The van der Waals surface area contributed by atoms with Crippen LogP contribution in [0.15, 0.2) is 131 Å². The van der Waals surface area contributed by atoms with E-state index in [1.165, 1.54) is 27.6 Å². The number of benzene rings is 5. The number of nitrogens with zero attached hydrogens (tertiary/aromatic N) is 3. The number of aliphatic imine (C=N–C) groups is 1. The summed E-state index contributed by atoms with van der Waals surface area (Å²) in [6.07, 6.45) is 11.6. The number of rotatable bonds is 6. The molecule has 3 heterocycles. The summed E-state index contributed by atoms with van der Waals surface area (Å²) in [5.74, 6) is 0.871. The van der Waals surface area contributed by atoms with Crippen molar-refractivity contribution in [1.82, 2.24) is 9.47 Å². The van der Waals surface area contributed by atoms with Crippen LogP contribution in [-0.2, 0) is 6.42 Å². The second-order valence-electron chi connectivity index (χ2n) is 12.6. The third kappa shape index (κ3) is 4.78. The Morgan fingerprint density at radius 1 is 0.816 bits per heavy atom. The Morgan fingerprint density at radius 2 is 1.59 bits per heavy atom. The molecule has 1 aliphatic rings. The molecule has 0 fully saturated rings. The molecule has 2 aromatic heterocycles. The van der Waals surface area contributed by atoms with Crippen molar-refractivity contribution in [1.29, 1.82) is 0 Å². The van der Waals surface area contributed by atoms with Crippen LogP contribution in [-0.4, -0.2) is 22.5 Å². The minimum Gasteiger partial charge on any atom is -0.455 e. The molecule has 49 heavy (non-hydrogen) atoms. The van der Waals surface area contributed by atoms with Gasteiger partial charge in [0.15, 0.2) is 0 Å². The second kappa shape index (κ2) is 12.3. The Labute approximate surface area is 287 Å². The van der Waals surface area contributed by atoms with Gasteiger partial charge in [0.25, 0.3) is 0 Å². The SMILES string of the molecule is C=Cc1c(/C=C\C)n(C2=Nc3ccccc3C(c3cccc(-c4cccc5c4oc4ccccc45)c3)N2C)c2ccc(CC)c(/C=C\C)c12. The van der Waals surface area contributed by atoms with Gasteiger partial charge in [-0.05, 0) is 72.9 Å². The average Bonchev–Trinajstić information content (AvgIpc) is 3.67. The van der Waals surface area contributed by atoms with E-state index in [4.69, 9.17) is 9.41 Å². The number of furan rings is 1. The van der Waals surface area contributed by atoms with Crippen molar-refractivity contribution in [3.05, 3.63) is 155 Å². The van der Waals surface area contributed by atoms with Crippen molar-refractivity contribution < 1.29 is 4.42 Å². The molecular weight excluding hydrogens is 599 g/mol. The Morgan fingerprint density at radius 3 is 2.41 bits per heavy atom. The first-order valence-corrected chi connectivity index (χ1v) is 17.1. The number of para-hydroxylation sites is 3. The van der Waals surface area contributed by atoms with Gasteiger partial charge < -0.3 is 9.32 Å². The summed E-state index contributed by atoms with van der Waals surface area (Å²) in [5.41, 5.74) is 13.2. The van der Waals surface area contributed by atoms with Crippen LogP contribution in [0.1, 0.15) is 60.3 Å². The maximum Gasteiger partial charge on any atom is 0.211 e. The third-order valence-electron chi connectivity index (χ3n) is 9.86. The molecule has 0 amide bonds. The largest absolute Gasteiger partial charge is 0.455 e. The normalized spacial score (nSPS) is 14.8. The van der Waals surface area contributed by atoms with Gasteiger partial charge in [-0.25, -0.2) is 4.99 Å². The van der Waals surface area contributed by atoms with Crippen molar-refractivity contribution in [2.45, 2.75) is 33.2 Å². The Hall–Kier alpha value is -5.87. The molecule has 0 N–H and O–H groups in total. The molecule has 1 aliphatic heterocycles. The minimum atomic E-state index is -0.0773. The summed E-state index contributed by atoms with van der Waals surface area (Å²) < 4.78 is 8.78. The molecule has 0 spiro atoms. The Balaban J connectivity index is 1.34. The fourth-order valence-corrected chi connectivity index (χ4v) is 7.70. The number of aromatic nitrogens is 1. The number of allylic oxidation sites excluding steroid dienone is 2. The number of hydrogen-bond donors (Lipinski definition) is 0. The highest BCUT2D eigenvalue weighted by atomic mass is 16.3. The van der Waals surface area contributed by atoms with E-state index in [0.717, 1.165) is 67.9 Å². The number of aryl methyl sites for hydroxylation is 1. The predicted molar refractivity (Wildman–Crippen MR) is 209 cm³/mol. The molecule has 8 rings (SSSR count). The zero-order chi connectivity index (χ0) is 33.6. The molecule has 0 radical (unpaired) electrons. The van der Waals surface area contributed by atoms with Crippen LogP contribution in [0.4, 0.5) is 5.69 Å². The van der Waals surface area contributed by atoms with Gasteiger partial charge in [0, 0.05) is 39.9 Å². The highest BCUT2D eigenvalue weighted by Gasteiger charge is 2.32. The molecule has 0 aliphatic carbocycles. The summed E-state index contributed by atoms with van der Waals surface area (Å²) in [7, 11) is 2.16. The standard InChI is InChI=1S/C45H39N3O/c1-6-16-33-29(8-3)26-27-40-42(33)32(9-4)39(17-7-2)48(40)45-46-38-24-12-10-21-37(38)43(47(45)5)31-19-14-18-30(28-31)34-22-15-23-36-35-20-11-13-25-41(35)49-44(34)36/h6-7,9-28,43H,4,8H2,1-3,5H3/b16-6-,17-7-. The Kier molecular flexibility index (Phi) is 7.64. The third-order valence-corrected chi connectivity index (χ3v) is 9.86. The molecule has 0 saturated carbocycles. The zero-order valence-electron chi connectivity index (χ0n) is 28.4. The summed E-state index contributed by atoms with van der Waals surface area (Å²) in [6, 6.07) is 36.6. The lowest BCUT2D eigenvalue weighted by atomic mass is 9.92. The maximum atomic E-state index is 6.46. The monoisotopic (exact) mass is 637 g/mol. The fourth-order valence-electron chi connectivity index (χ4n) is 7.70. The van der Waals surface area contributed by atoms with E-state index in [1.54, 1.807) is 0 Å². The highest BCUT2D eigenvalue weighted by molar-refractivity contribution is 6.10. The smallest absolute Gasteiger partial charge is 0.211 e. The van der Waals surface area contributed by atoms with Crippen LogP contribution in [0.5, 0.6) is 0 Å². The van der Waals surface area contributed by atoms with E-state index in [-0.39, 0.29) is 6.04 Å². The van der Waals surface area contributed by atoms with Crippen LogP contribution >= 0.6 is 0 Å². The van der Waals surface area contributed by atoms with Gasteiger partial charge in [-0.3, -0.25) is 4.57 Å². The molecule has 5 aromatic carbocycles. The van der Waals surface area contributed by atoms with Crippen molar-refractivity contribution in [3.8, 4) is 11.1 Å². The molecule has 0 bridgehead atoms. The maximum absolute atomic E-state index is 6.46. The van der Waals surface area contributed by atoms with Crippen molar-refractivity contribution in [2.75, 3.05) is 7.05 Å². The predicted octanol–water partition coefficient (Wildman–Crippen LogP) is 12.0. The summed E-state index contributed by atoms with van der Waals surface area (Å²) in [4.78, 5) is 7.71. The summed E-state index contributed by atoms with van der Waals surface area (Å²) in [5, 5.41) is 3.47. The minimum absolute atomic E-state index is 0.0773. The molecule has 4 nitrogen and oxygen atoms in total. The van der Waals surface area contributed by atoms with Gasteiger partial charge in [-0.1, -0.05) is 117 Å². The second-order valence-corrected chi connectivity index (χ2v) is 12.6. The average molecular weight is 638 g/mol. The van der Waals surface area contributed by atoms with Gasteiger partial charge in [0.2, 0.25) is 5.96 Å². The van der Waals surface area contributed by atoms with Crippen molar-refractivity contribution in [2.24, 2.45) is 4.99 Å². The molecule has 240 valence electrons. The van der Waals surface area contributed by atoms with Gasteiger partial charge in [0.1, 0.15) is 11.2 Å². The lowest BCUT2D eigenvalue weighted by Gasteiger charge is -2.37. The highest BCUT2D eigenvalue weighted by Crippen LogP contribution is 2.43. The zero-order valence-corrected chi connectivity index (χ0v) is 28.4. The summed E-state index contributed by atoms with van der Waals surface area (Å²) in [6.45, 7) is 10.7. The number of fused-ring (bicyclic) bond motifs is 5. The first-order valence-electron chi connectivity index (χ1n) is 17.1.